The van der Waals surface area contributed by atoms with E-state index in [2.05, 4.69) is 5.32 Å². The molecule has 6 nitrogen and oxygen atoms in total. The number of halogens is 2. The number of nitrogens with one attached hydrogen (secondary N) is 1. The van der Waals surface area contributed by atoms with Crippen molar-refractivity contribution in [2.24, 2.45) is 0 Å². The topological polar surface area (TPSA) is 75.7 Å². The van der Waals surface area contributed by atoms with E-state index in [9.17, 15) is 23.2 Å². The summed E-state index contributed by atoms with van der Waals surface area (Å²) in [5.74, 6) is -3.81. The smallest absolute Gasteiger partial charge is 0.341 e. The molecule has 0 heterocycles. The Balaban J connectivity index is 1.90. The first-order chi connectivity index (χ1) is 12.3. The summed E-state index contributed by atoms with van der Waals surface area (Å²) < 4.78 is 31.0. The fourth-order valence-corrected chi connectivity index (χ4v) is 2.02. The monoisotopic (exact) mass is 362 g/mol. The third kappa shape index (κ3) is 4.85. The Morgan fingerprint density at radius 1 is 1.04 bits per heavy atom. The van der Waals surface area contributed by atoms with Crippen LogP contribution in [0.3, 0.4) is 0 Å². The highest BCUT2D eigenvalue weighted by atomic mass is 19.1. The maximum Gasteiger partial charge on any atom is 0.341 e. The second-order valence-electron chi connectivity index (χ2n) is 5.53. The highest BCUT2D eigenvalue weighted by molar-refractivity contribution is 5.97. The lowest BCUT2D eigenvalue weighted by atomic mass is 10.2. The highest BCUT2D eigenvalue weighted by Gasteiger charge is 2.15. The summed E-state index contributed by atoms with van der Waals surface area (Å²) >= 11 is 0. The SMILES string of the molecule is CN(C)C(=O)c1ccc(NC(=O)COC(=O)c2ccc(F)cc2F)cc1. The number of hydrogen-bond donors (Lipinski definition) is 1. The van der Waals surface area contributed by atoms with Gasteiger partial charge in [-0.1, -0.05) is 0 Å². The van der Waals surface area contributed by atoms with E-state index in [0.29, 0.717) is 17.3 Å². The van der Waals surface area contributed by atoms with Crippen molar-refractivity contribution in [3.63, 3.8) is 0 Å². The Morgan fingerprint density at radius 3 is 2.27 bits per heavy atom. The van der Waals surface area contributed by atoms with Crippen LogP contribution >= 0.6 is 0 Å². The molecule has 136 valence electrons. The lowest BCUT2D eigenvalue weighted by molar-refractivity contribution is -0.119. The molecular formula is C18H16F2N2O4. The van der Waals surface area contributed by atoms with E-state index in [4.69, 9.17) is 4.74 Å². The van der Waals surface area contributed by atoms with Crippen molar-refractivity contribution >= 4 is 23.5 Å². The van der Waals surface area contributed by atoms with Crippen molar-refractivity contribution in [2.75, 3.05) is 26.0 Å². The van der Waals surface area contributed by atoms with Gasteiger partial charge in [-0.15, -0.1) is 0 Å². The van der Waals surface area contributed by atoms with Gasteiger partial charge in [0.25, 0.3) is 11.8 Å². The summed E-state index contributed by atoms with van der Waals surface area (Å²) in [6, 6.07) is 8.52. The minimum Gasteiger partial charge on any atom is -0.452 e. The number of esters is 1. The highest BCUT2D eigenvalue weighted by Crippen LogP contribution is 2.12. The van der Waals surface area contributed by atoms with Crippen LogP contribution in [0.5, 0.6) is 0 Å². The Kier molecular flexibility index (Phi) is 6.00. The molecule has 8 heteroatoms. The molecule has 0 aliphatic heterocycles. The van der Waals surface area contributed by atoms with Crippen LogP contribution in [-0.4, -0.2) is 43.4 Å². The number of rotatable bonds is 5. The Bertz CT molecular complexity index is 836. The molecular weight excluding hydrogens is 346 g/mol. The predicted octanol–water partition coefficient (Wildman–Crippen LogP) is 2.46. The van der Waals surface area contributed by atoms with Crippen LogP contribution < -0.4 is 5.32 Å². The van der Waals surface area contributed by atoms with Crippen molar-refractivity contribution in [1.82, 2.24) is 4.90 Å². The normalized spacial score (nSPS) is 10.2. The molecule has 0 fully saturated rings. The first kappa shape index (κ1) is 19.0. The Labute approximate surface area is 148 Å². The molecule has 0 aromatic heterocycles. The van der Waals surface area contributed by atoms with E-state index < -0.39 is 35.7 Å². The molecule has 26 heavy (non-hydrogen) atoms. The molecule has 0 atom stereocenters. The number of ether oxygens (including phenoxy) is 1. The van der Waals surface area contributed by atoms with Gasteiger partial charge in [0.2, 0.25) is 0 Å². The Morgan fingerprint density at radius 2 is 1.69 bits per heavy atom. The molecule has 0 spiro atoms. The first-order valence-electron chi connectivity index (χ1n) is 7.51. The van der Waals surface area contributed by atoms with Crippen LogP contribution in [0, 0.1) is 11.6 Å². The minimum atomic E-state index is -1.08. The van der Waals surface area contributed by atoms with Crippen LogP contribution in [0.2, 0.25) is 0 Å². The zero-order chi connectivity index (χ0) is 19.3. The number of hydrogen-bond acceptors (Lipinski definition) is 4. The van der Waals surface area contributed by atoms with Crippen LogP contribution in [0.4, 0.5) is 14.5 Å². The van der Waals surface area contributed by atoms with E-state index in [1.807, 2.05) is 0 Å². The molecule has 2 amide bonds. The number of amides is 2. The zero-order valence-electron chi connectivity index (χ0n) is 14.1. The van der Waals surface area contributed by atoms with Gasteiger partial charge in [0, 0.05) is 31.4 Å². The molecule has 2 aromatic carbocycles. The molecule has 0 aliphatic rings. The van der Waals surface area contributed by atoms with Gasteiger partial charge in [-0.2, -0.15) is 0 Å². The molecule has 0 radical (unpaired) electrons. The van der Waals surface area contributed by atoms with E-state index >= 15 is 0 Å². The maximum absolute atomic E-state index is 13.5. The lowest BCUT2D eigenvalue weighted by Crippen LogP contribution is -2.22. The minimum absolute atomic E-state index is 0.182. The quantitative estimate of drug-likeness (QED) is 0.829. The lowest BCUT2D eigenvalue weighted by Gasteiger charge is -2.11. The molecule has 0 saturated carbocycles. The van der Waals surface area contributed by atoms with Gasteiger partial charge in [-0.3, -0.25) is 9.59 Å². The maximum atomic E-state index is 13.5. The zero-order valence-corrected chi connectivity index (χ0v) is 14.1. The van der Waals surface area contributed by atoms with Crippen molar-refractivity contribution in [2.45, 2.75) is 0 Å². The molecule has 0 saturated heterocycles. The molecule has 2 aromatic rings. The van der Waals surface area contributed by atoms with E-state index in [1.165, 1.54) is 29.2 Å². The van der Waals surface area contributed by atoms with Gasteiger partial charge in [0.05, 0.1) is 5.56 Å². The second kappa shape index (κ2) is 8.19. The largest absolute Gasteiger partial charge is 0.452 e. The van der Waals surface area contributed by atoms with E-state index in [0.717, 1.165) is 12.1 Å². The standard InChI is InChI=1S/C18H16F2N2O4/c1-22(2)17(24)11-3-6-13(7-4-11)21-16(23)10-26-18(25)14-8-5-12(19)9-15(14)20/h3-9H,10H2,1-2H3,(H,21,23). The first-order valence-corrected chi connectivity index (χ1v) is 7.51. The third-order valence-electron chi connectivity index (χ3n) is 3.31. The fraction of sp³-hybridized carbons (Fsp3) is 0.167. The number of anilines is 1. The summed E-state index contributed by atoms with van der Waals surface area (Å²) in [6.45, 7) is -0.645. The van der Waals surface area contributed by atoms with Gasteiger partial charge in [0.15, 0.2) is 6.61 Å². The summed E-state index contributed by atoms with van der Waals surface area (Å²) in [4.78, 5) is 36.7. The fourth-order valence-electron chi connectivity index (χ4n) is 2.02. The van der Waals surface area contributed by atoms with Gasteiger partial charge in [-0.25, -0.2) is 13.6 Å². The average molecular weight is 362 g/mol. The van der Waals surface area contributed by atoms with Crippen molar-refractivity contribution in [3.8, 4) is 0 Å². The van der Waals surface area contributed by atoms with E-state index in [-0.39, 0.29) is 5.91 Å². The summed E-state index contributed by atoms with van der Waals surface area (Å²) in [7, 11) is 3.24. The van der Waals surface area contributed by atoms with Gasteiger partial charge >= 0.3 is 5.97 Å². The Hall–Kier alpha value is -3.29. The van der Waals surface area contributed by atoms with Gasteiger partial charge in [0.1, 0.15) is 11.6 Å². The van der Waals surface area contributed by atoms with Gasteiger partial charge < -0.3 is 15.0 Å². The molecule has 0 aliphatic carbocycles. The van der Waals surface area contributed by atoms with Crippen molar-refractivity contribution in [3.05, 3.63) is 65.2 Å². The molecule has 2 rings (SSSR count). The van der Waals surface area contributed by atoms with Crippen molar-refractivity contribution < 1.29 is 27.9 Å². The van der Waals surface area contributed by atoms with Crippen molar-refractivity contribution in [1.29, 1.82) is 0 Å². The summed E-state index contributed by atoms with van der Waals surface area (Å²) in [6.07, 6.45) is 0. The van der Waals surface area contributed by atoms with Crippen LogP contribution in [0.25, 0.3) is 0 Å². The number of carbonyl (C=O) groups is 3. The van der Waals surface area contributed by atoms with Crippen LogP contribution in [0.15, 0.2) is 42.5 Å². The molecule has 0 unspecified atom stereocenters. The van der Waals surface area contributed by atoms with Crippen LogP contribution in [0.1, 0.15) is 20.7 Å². The second-order valence-corrected chi connectivity index (χ2v) is 5.53. The number of nitrogens with zero attached hydrogens (tertiary/aromatic N) is 1. The van der Waals surface area contributed by atoms with Crippen LogP contribution in [-0.2, 0) is 9.53 Å². The number of benzene rings is 2. The number of carbonyl (C=O) groups excluding carboxylic acids is 3. The van der Waals surface area contributed by atoms with Gasteiger partial charge in [-0.05, 0) is 36.4 Å². The predicted molar refractivity (Wildman–Crippen MR) is 89.7 cm³/mol. The third-order valence-corrected chi connectivity index (χ3v) is 3.31. The summed E-state index contributed by atoms with van der Waals surface area (Å²) in [5, 5.41) is 2.47. The molecule has 1 N–H and O–H groups in total. The average Bonchev–Trinajstić information content (AvgIpc) is 2.59. The summed E-state index contributed by atoms with van der Waals surface area (Å²) in [5.41, 5.74) is 0.381. The van der Waals surface area contributed by atoms with E-state index in [1.54, 1.807) is 14.1 Å². The molecule has 0 bridgehead atoms.